The first-order valence-electron chi connectivity index (χ1n) is 12.2. The molecule has 7 heteroatoms. The van der Waals surface area contributed by atoms with E-state index in [9.17, 15) is 0 Å². The first-order chi connectivity index (χ1) is 13.4. The maximum absolute atomic E-state index is 8.49. The standard InChI is InChI=1S/C24H53ClN4Si2/c1-20(2,3)26-16-17-27(21(4,5)6)30(26,24(13,14)15)31(25)28(22(7,8)9)18-19-29(31)23(10,11)12/h16-19H2,1-15H3. The summed E-state index contributed by atoms with van der Waals surface area (Å²) < 4.78 is 11.5. The molecule has 2 aliphatic heterocycles. The van der Waals surface area contributed by atoms with Gasteiger partial charge in [-0.25, -0.2) is 0 Å². The molecule has 0 aliphatic carbocycles. The number of hydrogen-bond donors (Lipinski definition) is 0. The predicted octanol–water partition coefficient (Wildman–Crippen LogP) is 5.91. The van der Waals surface area contributed by atoms with E-state index in [2.05, 4.69) is 122 Å². The monoisotopic (exact) mass is 488 g/mol. The molecule has 0 radical (unpaired) electrons. The van der Waals surface area contributed by atoms with Gasteiger partial charge in [0.25, 0.3) is 7.91 Å². The lowest BCUT2D eigenvalue weighted by molar-refractivity contribution is 0.219. The highest BCUT2D eigenvalue weighted by Crippen LogP contribution is 2.58. The lowest BCUT2D eigenvalue weighted by Crippen LogP contribution is -2.91. The Bertz CT molecular complexity index is 618. The summed E-state index contributed by atoms with van der Waals surface area (Å²) in [5.74, 6) is 0. The Kier molecular flexibility index (Phi) is 6.99. The van der Waals surface area contributed by atoms with Gasteiger partial charge < -0.3 is 9.13 Å². The molecule has 0 atom stereocenters. The highest BCUT2D eigenvalue weighted by Gasteiger charge is 2.80. The molecule has 4 nitrogen and oxygen atoms in total. The fourth-order valence-corrected chi connectivity index (χ4v) is 35.4. The summed E-state index contributed by atoms with van der Waals surface area (Å²) in [6.07, 6.45) is 0. The van der Waals surface area contributed by atoms with Gasteiger partial charge in [0.1, 0.15) is 0 Å². The van der Waals surface area contributed by atoms with E-state index in [1.165, 1.54) is 0 Å². The zero-order valence-corrected chi connectivity index (χ0v) is 26.3. The van der Waals surface area contributed by atoms with Gasteiger partial charge in [0.2, 0.25) is 0 Å². The average molecular weight is 489 g/mol. The van der Waals surface area contributed by atoms with E-state index < -0.39 is 15.1 Å². The van der Waals surface area contributed by atoms with Crippen molar-refractivity contribution in [2.75, 3.05) is 26.2 Å². The molecule has 0 aromatic rings. The van der Waals surface area contributed by atoms with Gasteiger partial charge in [0, 0.05) is 48.3 Å². The van der Waals surface area contributed by atoms with E-state index >= 15 is 0 Å². The minimum atomic E-state index is -2.68. The average Bonchev–Trinajstić information content (AvgIpc) is 3.03. The summed E-state index contributed by atoms with van der Waals surface area (Å²) in [5, 5.41) is 0.0926. The molecule has 2 rings (SSSR count). The minimum Gasteiger partial charge on any atom is -0.304 e. The van der Waals surface area contributed by atoms with Gasteiger partial charge >= 0.3 is 7.22 Å². The molecular weight excluding hydrogens is 436 g/mol. The van der Waals surface area contributed by atoms with Gasteiger partial charge in [0.15, 0.2) is 0 Å². The maximum atomic E-state index is 8.49. The molecular formula is C24H53ClN4Si2. The van der Waals surface area contributed by atoms with Crippen molar-refractivity contribution in [2.45, 2.75) is 131 Å². The first-order valence-corrected chi connectivity index (χ1v) is 18.0. The second-order valence-corrected chi connectivity index (χ2v) is 27.7. The van der Waals surface area contributed by atoms with E-state index in [1.807, 2.05) is 0 Å². The van der Waals surface area contributed by atoms with Crippen molar-refractivity contribution in [3.8, 4) is 0 Å². The molecule has 2 aliphatic rings. The molecule has 31 heavy (non-hydrogen) atoms. The number of rotatable bonds is 1. The van der Waals surface area contributed by atoms with Crippen LogP contribution in [0.2, 0.25) is 5.04 Å². The van der Waals surface area contributed by atoms with Crippen molar-refractivity contribution in [3.63, 3.8) is 0 Å². The van der Waals surface area contributed by atoms with Gasteiger partial charge in [-0.15, -0.1) is 11.1 Å². The van der Waals surface area contributed by atoms with Gasteiger partial charge in [-0.3, -0.25) is 9.13 Å². The van der Waals surface area contributed by atoms with Crippen molar-refractivity contribution in [3.05, 3.63) is 0 Å². The minimum absolute atomic E-state index is 0.0366. The first kappa shape index (κ1) is 27.8. The highest BCUT2D eigenvalue weighted by molar-refractivity contribution is 7.57. The molecule has 0 spiro atoms. The largest absolute Gasteiger partial charge is 0.327 e. The number of nitrogens with zero attached hydrogens (tertiary/aromatic N) is 4. The van der Waals surface area contributed by atoms with E-state index in [4.69, 9.17) is 11.1 Å². The van der Waals surface area contributed by atoms with E-state index in [-0.39, 0.29) is 27.2 Å². The van der Waals surface area contributed by atoms with Crippen LogP contribution in [0, 0.1) is 0 Å². The Labute approximate surface area is 201 Å². The molecule has 0 amide bonds. The van der Waals surface area contributed by atoms with Crippen LogP contribution in [0.4, 0.5) is 0 Å². The third kappa shape index (κ3) is 4.25. The Morgan fingerprint density at radius 1 is 0.452 bits per heavy atom. The summed E-state index contributed by atoms with van der Waals surface area (Å²) >= 11 is 8.49. The van der Waals surface area contributed by atoms with Crippen molar-refractivity contribution >= 4 is 26.2 Å². The molecule has 0 N–H and O–H groups in total. The Morgan fingerprint density at radius 2 is 0.677 bits per heavy atom. The summed E-state index contributed by atoms with van der Waals surface area (Å²) in [5.41, 5.74) is 0.220. The number of halogens is 1. The predicted molar refractivity (Wildman–Crippen MR) is 143 cm³/mol. The van der Waals surface area contributed by atoms with Crippen molar-refractivity contribution in [2.24, 2.45) is 0 Å². The van der Waals surface area contributed by atoms with Crippen molar-refractivity contribution in [1.29, 1.82) is 0 Å². The molecule has 0 aromatic heterocycles. The SMILES string of the molecule is CC(C)(C)N1CCN(C(C)(C)C)[Si]1(Cl)[Si]1(C(C)(C)C)N(C(C)(C)C)CCN1C(C)(C)C. The van der Waals surface area contributed by atoms with Gasteiger partial charge in [-0.2, -0.15) is 0 Å². The Morgan fingerprint density at radius 3 is 0.871 bits per heavy atom. The third-order valence-electron chi connectivity index (χ3n) is 7.32. The quantitative estimate of drug-likeness (QED) is 0.335. The van der Waals surface area contributed by atoms with Crippen LogP contribution in [0.1, 0.15) is 104 Å². The molecule has 0 aromatic carbocycles. The second kappa shape index (κ2) is 7.79. The molecule has 0 bridgehead atoms. The molecule has 2 fully saturated rings. The third-order valence-corrected chi connectivity index (χ3v) is 28.6. The molecule has 2 saturated heterocycles. The lowest BCUT2D eigenvalue weighted by atomic mass is 10.1. The van der Waals surface area contributed by atoms with Crippen LogP contribution in [0.5, 0.6) is 0 Å². The fourth-order valence-electron chi connectivity index (χ4n) is 6.52. The second-order valence-electron chi connectivity index (χ2n) is 14.8. The van der Waals surface area contributed by atoms with E-state index in [1.54, 1.807) is 0 Å². The van der Waals surface area contributed by atoms with Crippen LogP contribution >= 0.6 is 11.1 Å². The molecule has 0 unspecified atom stereocenters. The lowest BCUT2D eigenvalue weighted by Gasteiger charge is -2.66. The highest BCUT2D eigenvalue weighted by atomic mass is 35.6. The maximum Gasteiger partial charge on any atom is 0.327 e. The smallest absolute Gasteiger partial charge is 0.304 e. The summed E-state index contributed by atoms with van der Waals surface area (Å²) in [4.78, 5) is 0. The topological polar surface area (TPSA) is 13.0 Å². The van der Waals surface area contributed by atoms with E-state index in [0.29, 0.717) is 0 Å². The summed E-state index contributed by atoms with van der Waals surface area (Å²) in [6.45, 7) is 40.6. The Balaban J connectivity index is 3.05. The van der Waals surface area contributed by atoms with E-state index in [0.717, 1.165) is 26.2 Å². The van der Waals surface area contributed by atoms with Crippen molar-refractivity contribution in [1.82, 2.24) is 18.3 Å². The molecule has 0 saturated carbocycles. The van der Waals surface area contributed by atoms with Crippen LogP contribution < -0.4 is 0 Å². The van der Waals surface area contributed by atoms with Crippen molar-refractivity contribution < 1.29 is 0 Å². The fraction of sp³-hybridized carbons (Fsp3) is 1.00. The zero-order valence-electron chi connectivity index (χ0n) is 23.5. The zero-order chi connectivity index (χ0) is 24.6. The summed E-state index contributed by atoms with van der Waals surface area (Å²) in [7, 11) is -5.16. The van der Waals surface area contributed by atoms with Crippen LogP contribution in [0.25, 0.3) is 0 Å². The molecule has 2 heterocycles. The molecule has 184 valence electrons. The Hall–Kier alpha value is 0.564. The normalized spacial score (nSPS) is 25.5. The van der Waals surface area contributed by atoms with Crippen LogP contribution in [0.15, 0.2) is 0 Å². The van der Waals surface area contributed by atoms with Gasteiger partial charge in [0.05, 0.1) is 0 Å². The number of hydrogen-bond acceptors (Lipinski definition) is 4. The van der Waals surface area contributed by atoms with Gasteiger partial charge in [-0.05, 0) is 88.1 Å². The van der Waals surface area contributed by atoms with Crippen LogP contribution in [0.3, 0.4) is 0 Å². The van der Waals surface area contributed by atoms with Crippen LogP contribution in [-0.4, -0.2) is 81.7 Å². The van der Waals surface area contributed by atoms with Gasteiger partial charge in [-0.1, -0.05) is 20.8 Å². The summed E-state index contributed by atoms with van der Waals surface area (Å²) in [6, 6.07) is 0. The van der Waals surface area contributed by atoms with Crippen LogP contribution in [-0.2, 0) is 0 Å².